The largest absolute Gasteiger partial charge is 0.445 e. The number of rotatable bonds is 6. The zero-order chi connectivity index (χ0) is 15.8. The number of carbonyl (C=O) groups excluding carboxylic acids is 1. The van der Waals surface area contributed by atoms with Gasteiger partial charge >= 0.3 is 6.09 Å². The predicted molar refractivity (Wildman–Crippen MR) is 88.9 cm³/mol. The number of halogens is 1. The van der Waals surface area contributed by atoms with Gasteiger partial charge in [0.1, 0.15) is 6.61 Å². The second kappa shape index (κ2) is 8.25. The highest BCUT2D eigenvalue weighted by molar-refractivity contribution is 6.30. The minimum absolute atomic E-state index is 0.190. The number of benzene rings is 2. The van der Waals surface area contributed by atoms with Gasteiger partial charge in [-0.15, -0.1) is 6.58 Å². The molecule has 0 saturated heterocycles. The summed E-state index contributed by atoms with van der Waals surface area (Å²) in [6, 6.07) is 16.9. The van der Waals surface area contributed by atoms with Gasteiger partial charge in [-0.25, -0.2) is 4.79 Å². The van der Waals surface area contributed by atoms with E-state index < -0.39 is 6.09 Å². The Morgan fingerprint density at radius 1 is 1.14 bits per heavy atom. The molecule has 1 amide bonds. The summed E-state index contributed by atoms with van der Waals surface area (Å²) < 4.78 is 5.20. The summed E-state index contributed by atoms with van der Waals surface area (Å²) in [5, 5.41) is 3.48. The molecule has 22 heavy (non-hydrogen) atoms. The fourth-order valence-corrected chi connectivity index (χ4v) is 2.11. The Morgan fingerprint density at radius 3 is 2.45 bits per heavy atom. The van der Waals surface area contributed by atoms with Gasteiger partial charge in [-0.1, -0.05) is 60.1 Å². The van der Waals surface area contributed by atoms with E-state index >= 15 is 0 Å². The smallest absolute Gasteiger partial charge is 0.407 e. The van der Waals surface area contributed by atoms with Crippen LogP contribution in [0.25, 0.3) is 0 Å². The van der Waals surface area contributed by atoms with Crippen LogP contribution in [0.5, 0.6) is 0 Å². The number of hydrogen-bond acceptors (Lipinski definition) is 2. The number of hydrogen-bond donors (Lipinski definition) is 1. The Kier molecular flexibility index (Phi) is 6.04. The summed E-state index contributed by atoms with van der Waals surface area (Å²) in [6.07, 6.45) is 1.88. The van der Waals surface area contributed by atoms with Crippen LogP contribution in [0.1, 0.15) is 11.1 Å². The van der Waals surface area contributed by atoms with Crippen molar-refractivity contribution in [3.8, 4) is 0 Å². The van der Waals surface area contributed by atoms with Crippen LogP contribution in [0, 0.1) is 0 Å². The fourth-order valence-electron chi connectivity index (χ4n) is 1.98. The summed E-state index contributed by atoms with van der Waals surface area (Å²) in [5.41, 5.74) is 2.02. The third-order valence-corrected chi connectivity index (χ3v) is 3.42. The van der Waals surface area contributed by atoms with Crippen molar-refractivity contribution in [3.05, 3.63) is 83.4 Å². The van der Waals surface area contributed by atoms with Gasteiger partial charge in [-0.2, -0.15) is 0 Å². The van der Waals surface area contributed by atoms with Gasteiger partial charge in [0.05, 0.1) is 6.04 Å². The van der Waals surface area contributed by atoms with Crippen molar-refractivity contribution in [2.45, 2.75) is 19.1 Å². The van der Waals surface area contributed by atoms with E-state index in [1.54, 1.807) is 6.08 Å². The lowest BCUT2D eigenvalue weighted by atomic mass is 10.1. The fraction of sp³-hybridized carbons (Fsp3) is 0.167. The minimum atomic E-state index is -0.456. The molecule has 1 atom stereocenters. The van der Waals surface area contributed by atoms with Crippen molar-refractivity contribution in [2.75, 3.05) is 0 Å². The van der Waals surface area contributed by atoms with Crippen LogP contribution in [-0.2, 0) is 17.8 Å². The lowest BCUT2D eigenvalue weighted by molar-refractivity contribution is 0.137. The maximum atomic E-state index is 11.8. The van der Waals surface area contributed by atoms with Gasteiger partial charge in [-0.3, -0.25) is 0 Å². The molecule has 2 rings (SSSR count). The highest BCUT2D eigenvalue weighted by Crippen LogP contribution is 2.11. The Labute approximate surface area is 135 Å². The van der Waals surface area contributed by atoms with Crippen LogP contribution in [-0.4, -0.2) is 12.1 Å². The van der Waals surface area contributed by atoms with E-state index in [2.05, 4.69) is 11.9 Å². The average Bonchev–Trinajstić information content (AvgIpc) is 2.55. The van der Waals surface area contributed by atoms with E-state index in [0.717, 1.165) is 11.1 Å². The van der Waals surface area contributed by atoms with Gasteiger partial charge in [0, 0.05) is 5.02 Å². The van der Waals surface area contributed by atoms with Crippen LogP contribution in [0.15, 0.2) is 67.3 Å². The molecule has 0 heterocycles. The van der Waals surface area contributed by atoms with Crippen molar-refractivity contribution in [1.29, 1.82) is 0 Å². The summed E-state index contributed by atoms with van der Waals surface area (Å²) in [6.45, 7) is 4.00. The van der Waals surface area contributed by atoms with Crippen LogP contribution >= 0.6 is 11.6 Å². The molecule has 0 saturated carbocycles. The summed E-state index contributed by atoms with van der Waals surface area (Å²) in [7, 11) is 0. The van der Waals surface area contributed by atoms with Gasteiger partial charge < -0.3 is 10.1 Å². The van der Waals surface area contributed by atoms with Gasteiger partial charge in [0.25, 0.3) is 0 Å². The van der Waals surface area contributed by atoms with Crippen molar-refractivity contribution < 1.29 is 9.53 Å². The van der Waals surface area contributed by atoms with E-state index in [-0.39, 0.29) is 12.6 Å². The molecule has 0 aliphatic carbocycles. The molecule has 0 aliphatic rings. The Hall–Kier alpha value is -2.26. The highest BCUT2D eigenvalue weighted by atomic mass is 35.5. The Bertz CT molecular complexity index is 611. The number of amides is 1. The van der Waals surface area contributed by atoms with E-state index in [4.69, 9.17) is 16.3 Å². The lowest BCUT2D eigenvalue weighted by Gasteiger charge is -2.15. The number of ether oxygens (including phenoxy) is 1. The molecule has 1 unspecified atom stereocenters. The maximum Gasteiger partial charge on any atom is 0.407 e. The van der Waals surface area contributed by atoms with Crippen molar-refractivity contribution in [1.82, 2.24) is 5.32 Å². The standard InChI is InChI=1S/C18H18ClNO2/c1-2-17(12-14-8-10-16(19)11-9-14)20-18(21)22-13-15-6-4-3-5-7-15/h2-11,17H,1,12-13H2,(H,20,21). The van der Waals surface area contributed by atoms with Crippen LogP contribution in [0.4, 0.5) is 4.79 Å². The van der Waals surface area contributed by atoms with Crippen molar-refractivity contribution in [2.24, 2.45) is 0 Å². The maximum absolute atomic E-state index is 11.8. The van der Waals surface area contributed by atoms with Gasteiger partial charge in [-0.05, 0) is 29.7 Å². The van der Waals surface area contributed by atoms with E-state index in [1.165, 1.54) is 0 Å². The first-order valence-electron chi connectivity index (χ1n) is 7.01. The third kappa shape index (κ3) is 5.26. The Morgan fingerprint density at radius 2 is 1.82 bits per heavy atom. The molecule has 2 aromatic rings. The highest BCUT2D eigenvalue weighted by Gasteiger charge is 2.10. The SMILES string of the molecule is C=CC(Cc1ccc(Cl)cc1)NC(=O)OCc1ccccc1. The molecule has 0 fully saturated rings. The molecule has 0 radical (unpaired) electrons. The van der Waals surface area contributed by atoms with Crippen molar-refractivity contribution in [3.63, 3.8) is 0 Å². The summed E-state index contributed by atoms with van der Waals surface area (Å²) in [4.78, 5) is 11.8. The molecule has 0 aromatic heterocycles. The summed E-state index contributed by atoms with van der Waals surface area (Å²) in [5.74, 6) is 0. The zero-order valence-electron chi connectivity index (χ0n) is 12.2. The Balaban J connectivity index is 1.83. The number of nitrogens with one attached hydrogen (secondary N) is 1. The third-order valence-electron chi connectivity index (χ3n) is 3.17. The molecule has 0 bridgehead atoms. The molecule has 0 spiro atoms. The monoisotopic (exact) mass is 315 g/mol. The molecular formula is C18H18ClNO2. The van der Waals surface area contributed by atoms with Crippen LogP contribution < -0.4 is 5.32 Å². The van der Waals surface area contributed by atoms with E-state index in [0.29, 0.717) is 11.4 Å². The van der Waals surface area contributed by atoms with Crippen LogP contribution in [0.3, 0.4) is 0 Å². The van der Waals surface area contributed by atoms with Gasteiger partial charge in [0.2, 0.25) is 0 Å². The summed E-state index contributed by atoms with van der Waals surface area (Å²) >= 11 is 5.86. The molecule has 0 aliphatic heterocycles. The van der Waals surface area contributed by atoms with E-state index in [9.17, 15) is 4.79 Å². The molecule has 4 heteroatoms. The quantitative estimate of drug-likeness (QED) is 0.804. The van der Waals surface area contributed by atoms with Crippen molar-refractivity contribution >= 4 is 17.7 Å². The second-order valence-electron chi connectivity index (χ2n) is 4.88. The molecule has 3 nitrogen and oxygen atoms in total. The molecule has 114 valence electrons. The normalized spacial score (nSPS) is 11.5. The molecule has 2 aromatic carbocycles. The van der Waals surface area contributed by atoms with E-state index in [1.807, 2.05) is 54.6 Å². The van der Waals surface area contributed by atoms with Crippen LogP contribution in [0.2, 0.25) is 5.02 Å². The number of alkyl carbamates (subject to hydrolysis) is 1. The minimum Gasteiger partial charge on any atom is -0.445 e. The average molecular weight is 316 g/mol. The topological polar surface area (TPSA) is 38.3 Å². The lowest BCUT2D eigenvalue weighted by Crippen LogP contribution is -2.35. The molecular weight excluding hydrogens is 298 g/mol. The zero-order valence-corrected chi connectivity index (χ0v) is 12.9. The second-order valence-corrected chi connectivity index (χ2v) is 5.32. The molecule has 1 N–H and O–H groups in total. The predicted octanol–water partition coefficient (Wildman–Crippen LogP) is 4.36. The number of carbonyl (C=O) groups is 1. The van der Waals surface area contributed by atoms with Gasteiger partial charge in [0.15, 0.2) is 0 Å². The first kappa shape index (κ1) is 16.1. The first-order valence-corrected chi connectivity index (χ1v) is 7.39. The first-order chi connectivity index (χ1) is 10.7.